The van der Waals surface area contributed by atoms with Gasteiger partial charge in [-0.05, 0) is 37.3 Å². The van der Waals surface area contributed by atoms with Crippen molar-refractivity contribution in [2.45, 2.75) is 19.1 Å². The monoisotopic (exact) mass is 452 g/mol. The van der Waals surface area contributed by atoms with Gasteiger partial charge in [0.15, 0.2) is 0 Å². The summed E-state index contributed by atoms with van der Waals surface area (Å²) in [6.07, 6.45) is 1.23. The normalized spacial score (nSPS) is 18.4. The van der Waals surface area contributed by atoms with Gasteiger partial charge < -0.3 is 20.5 Å². The number of alkyl halides is 2. The Bertz CT molecular complexity index is 1130. The van der Waals surface area contributed by atoms with Gasteiger partial charge in [-0.1, -0.05) is 12.1 Å². The Morgan fingerprint density at radius 1 is 1.23 bits per heavy atom. The maximum Gasteiger partial charge on any atom is 0.387 e. The van der Waals surface area contributed by atoms with Crippen LogP contribution in [0.4, 0.5) is 24.5 Å². The van der Waals surface area contributed by atoms with Gasteiger partial charge in [0.05, 0.1) is 24.0 Å². The fourth-order valence-corrected chi connectivity index (χ4v) is 3.45. The molecule has 1 aliphatic rings. The molecular formula is C21H20ClF3N4O2. The molecule has 1 aromatic heterocycles. The molecule has 0 saturated heterocycles. The summed E-state index contributed by atoms with van der Waals surface area (Å²) in [6, 6.07) is 11.3. The van der Waals surface area contributed by atoms with E-state index in [9.17, 15) is 13.2 Å². The average Bonchev–Trinajstić information content (AvgIpc) is 2.69. The van der Waals surface area contributed by atoms with Gasteiger partial charge in [-0.15, -0.1) is 12.4 Å². The number of hydrogen-bond acceptors (Lipinski definition) is 6. The number of halogens is 4. The van der Waals surface area contributed by atoms with Crippen molar-refractivity contribution in [3.8, 4) is 5.75 Å². The van der Waals surface area contributed by atoms with Gasteiger partial charge in [-0.2, -0.15) is 8.78 Å². The smallest absolute Gasteiger partial charge is 0.387 e. The third-order valence-electron chi connectivity index (χ3n) is 4.76. The highest BCUT2D eigenvalue weighted by Crippen LogP contribution is 2.34. The molecule has 6 nitrogen and oxygen atoms in total. The highest BCUT2D eigenvalue weighted by atomic mass is 35.5. The molecule has 10 heteroatoms. The fourth-order valence-electron chi connectivity index (χ4n) is 3.45. The van der Waals surface area contributed by atoms with Crippen LogP contribution < -0.4 is 15.8 Å². The van der Waals surface area contributed by atoms with E-state index in [0.717, 1.165) is 0 Å². The number of anilines is 2. The Morgan fingerprint density at radius 2 is 2.03 bits per heavy atom. The largest absolute Gasteiger partial charge is 0.433 e. The van der Waals surface area contributed by atoms with Crippen molar-refractivity contribution in [1.29, 1.82) is 0 Å². The Kier molecular flexibility index (Phi) is 6.56. The van der Waals surface area contributed by atoms with Crippen LogP contribution in [0.3, 0.4) is 0 Å². The Morgan fingerprint density at radius 3 is 2.77 bits per heavy atom. The van der Waals surface area contributed by atoms with E-state index in [2.05, 4.69) is 20.0 Å². The number of ether oxygens (including phenoxy) is 2. The Labute approximate surface area is 182 Å². The quantitative estimate of drug-likeness (QED) is 0.584. The molecular weight excluding hydrogens is 433 g/mol. The van der Waals surface area contributed by atoms with E-state index >= 15 is 0 Å². The van der Waals surface area contributed by atoms with Crippen LogP contribution in [0.1, 0.15) is 12.5 Å². The first kappa shape index (κ1) is 22.6. The average molecular weight is 453 g/mol. The van der Waals surface area contributed by atoms with Gasteiger partial charge in [-0.25, -0.2) is 4.39 Å². The zero-order valence-electron chi connectivity index (χ0n) is 16.4. The second-order valence-electron chi connectivity index (χ2n) is 7.12. The minimum absolute atomic E-state index is 0. The lowest BCUT2D eigenvalue weighted by Gasteiger charge is -2.30. The summed E-state index contributed by atoms with van der Waals surface area (Å²) in [5.74, 6) is -0.143. The first-order valence-electron chi connectivity index (χ1n) is 9.17. The van der Waals surface area contributed by atoms with Crippen molar-refractivity contribution < 1.29 is 22.6 Å². The van der Waals surface area contributed by atoms with Crippen LogP contribution in [-0.4, -0.2) is 30.6 Å². The maximum absolute atomic E-state index is 14.6. The molecule has 2 heterocycles. The summed E-state index contributed by atoms with van der Waals surface area (Å²) >= 11 is 0. The van der Waals surface area contributed by atoms with Gasteiger partial charge in [0.2, 0.25) is 0 Å². The molecule has 164 valence electrons. The summed E-state index contributed by atoms with van der Waals surface area (Å²) in [6.45, 7) is -0.749. The molecule has 31 heavy (non-hydrogen) atoms. The number of rotatable bonds is 5. The lowest BCUT2D eigenvalue weighted by Crippen LogP contribution is -2.38. The number of hydrogen-bond donors (Lipinski definition) is 2. The molecule has 0 unspecified atom stereocenters. The third-order valence-corrected chi connectivity index (χ3v) is 4.76. The van der Waals surface area contributed by atoms with Crippen LogP contribution in [0, 0.1) is 5.82 Å². The Balaban J connectivity index is 0.00000272. The minimum atomic E-state index is -2.93. The van der Waals surface area contributed by atoms with Crippen LogP contribution in [0.25, 0.3) is 10.9 Å². The number of amidine groups is 1. The standard InChI is InChI=1S/C21H19F3N4O2.ClH/c1-21(11-29-10-18(25)28-21)15-8-13(5-6-16(15)22)27-17-4-2-3-12-7-14(30-20(23)24)9-26-19(12)17;/h2-9,20,27H,10-11H2,1H3,(H2,25,28);1H/t21-;/m0./s1. The van der Waals surface area contributed by atoms with Crippen LogP contribution in [0.2, 0.25) is 0 Å². The molecule has 2 aromatic carbocycles. The predicted octanol–water partition coefficient (Wildman–Crippen LogP) is 4.74. The topological polar surface area (TPSA) is 81.8 Å². The van der Waals surface area contributed by atoms with Crippen molar-refractivity contribution in [3.63, 3.8) is 0 Å². The van der Waals surface area contributed by atoms with Crippen LogP contribution >= 0.6 is 12.4 Å². The molecule has 0 fully saturated rings. The van der Waals surface area contributed by atoms with E-state index in [4.69, 9.17) is 10.5 Å². The summed E-state index contributed by atoms with van der Waals surface area (Å²) < 4.78 is 49.3. The van der Waals surface area contributed by atoms with Crippen LogP contribution in [0.5, 0.6) is 5.75 Å². The van der Waals surface area contributed by atoms with Crippen molar-refractivity contribution in [2.24, 2.45) is 10.7 Å². The number of fused-ring (bicyclic) bond motifs is 1. The zero-order valence-corrected chi connectivity index (χ0v) is 17.3. The molecule has 0 radical (unpaired) electrons. The van der Waals surface area contributed by atoms with Crippen LogP contribution in [-0.2, 0) is 10.3 Å². The molecule has 0 amide bonds. The summed E-state index contributed by atoms with van der Waals surface area (Å²) in [7, 11) is 0. The highest BCUT2D eigenvalue weighted by molar-refractivity contribution is 5.92. The summed E-state index contributed by atoms with van der Waals surface area (Å²) in [5.41, 5.74) is 6.97. The number of benzene rings is 2. The predicted molar refractivity (Wildman–Crippen MR) is 115 cm³/mol. The number of para-hydroxylation sites is 1. The number of nitrogens with two attached hydrogens (primary N) is 1. The SMILES string of the molecule is C[C@@]1(c2cc(Nc3cccc4cc(OC(F)F)cnc34)ccc2F)COCC(N)=N1.Cl. The number of nitrogens with zero attached hydrogens (tertiary/aromatic N) is 2. The van der Waals surface area contributed by atoms with Gasteiger partial charge >= 0.3 is 6.61 Å². The van der Waals surface area contributed by atoms with Gasteiger partial charge in [0.25, 0.3) is 0 Å². The molecule has 0 bridgehead atoms. The molecule has 3 aromatic rings. The minimum Gasteiger partial charge on any atom is -0.433 e. The van der Waals surface area contributed by atoms with Crippen LogP contribution in [0.15, 0.2) is 53.7 Å². The van der Waals surface area contributed by atoms with E-state index < -0.39 is 18.0 Å². The van der Waals surface area contributed by atoms with E-state index in [0.29, 0.717) is 33.7 Å². The molecule has 4 rings (SSSR count). The van der Waals surface area contributed by atoms with Crippen molar-refractivity contribution in [2.75, 3.05) is 18.5 Å². The molecule has 1 atom stereocenters. The lowest BCUT2D eigenvalue weighted by molar-refractivity contribution is -0.0499. The van der Waals surface area contributed by atoms with Crippen molar-refractivity contribution in [3.05, 3.63) is 60.0 Å². The van der Waals surface area contributed by atoms with Crippen molar-refractivity contribution in [1.82, 2.24) is 4.98 Å². The van der Waals surface area contributed by atoms with Crippen molar-refractivity contribution >= 4 is 40.5 Å². The third kappa shape index (κ3) is 4.83. The molecule has 0 spiro atoms. The second-order valence-corrected chi connectivity index (χ2v) is 7.12. The van der Waals surface area contributed by atoms with E-state index in [1.165, 1.54) is 18.3 Å². The highest BCUT2D eigenvalue weighted by Gasteiger charge is 2.32. The second kappa shape index (κ2) is 8.99. The lowest BCUT2D eigenvalue weighted by atomic mass is 9.91. The molecule has 0 aliphatic carbocycles. The first-order valence-corrected chi connectivity index (χ1v) is 9.17. The summed E-state index contributed by atoms with van der Waals surface area (Å²) in [4.78, 5) is 8.62. The molecule has 1 aliphatic heterocycles. The van der Waals surface area contributed by atoms with E-state index in [1.807, 2.05) is 0 Å². The molecule has 0 saturated carbocycles. The molecule has 3 N–H and O–H groups in total. The van der Waals surface area contributed by atoms with E-state index in [1.54, 1.807) is 37.3 Å². The Hall–Kier alpha value is -3.04. The number of nitrogens with one attached hydrogen (secondary N) is 1. The zero-order chi connectivity index (χ0) is 21.3. The maximum atomic E-state index is 14.6. The fraction of sp³-hybridized carbons (Fsp3) is 0.238. The van der Waals surface area contributed by atoms with E-state index in [-0.39, 0.29) is 31.4 Å². The van der Waals surface area contributed by atoms with Gasteiger partial charge in [0, 0.05) is 16.6 Å². The number of pyridine rings is 1. The summed E-state index contributed by atoms with van der Waals surface area (Å²) in [5, 5.41) is 3.82. The van der Waals surface area contributed by atoms with Gasteiger partial charge in [-0.3, -0.25) is 9.98 Å². The first-order chi connectivity index (χ1) is 14.3. The van der Waals surface area contributed by atoms with Gasteiger partial charge in [0.1, 0.15) is 29.5 Å². The number of aromatic nitrogens is 1. The number of aliphatic imine (C=N–C) groups is 1.